The van der Waals surface area contributed by atoms with E-state index in [1.54, 1.807) is 40.1 Å². The van der Waals surface area contributed by atoms with E-state index in [-0.39, 0.29) is 29.4 Å². The van der Waals surface area contributed by atoms with E-state index in [0.717, 1.165) is 5.56 Å². The van der Waals surface area contributed by atoms with Crippen LogP contribution in [0.1, 0.15) is 57.1 Å². The standard InChI is InChI=1S/C22H27FN4O4/c1-5-26(4)22(31)18-20(29)19(28)16(17-15(24-3)8-9-27(17)18)21(30)25-11-13-7-6-12(2)10-14(13)23/h6-7,10,15,24,29H,5,8-9,11H2,1-4H3,(H,25,30)/t15-/m0/s1. The monoisotopic (exact) mass is 430 g/mol. The summed E-state index contributed by atoms with van der Waals surface area (Å²) in [6.07, 6.45) is 0.544. The van der Waals surface area contributed by atoms with Crippen molar-refractivity contribution in [1.82, 2.24) is 20.1 Å². The van der Waals surface area contributed by atoms with Gasteiger partial charge in [0.25, 0.3) is 11.8 Å². The summed E-state index contributed by atoms with van der Waals surface area (Å²) >= 11 is 0. The normalized spacial score (nSPS) is 14.9. The van der Waals surface area contributed by atoms with Crippen LogP contribution in [-0.2, 0) is 13.1 Å². The van der Waals surface area contributed by atoms with Crippen LogP contribution in [0.4, 0.5) is 4.39 Å². The average molecular weight is 430 g/mol. The van der Waals surface area contributed by atoms with Crippen LogP contribution in [0.25, 0.3) is 0 Å². The van der Waals surface area contributed by atoms with E-state index in [1.165, 1.54) is 15.5 Å². The third kappa shape index (κ3) is 4.05. The minimum atomic E-state index is -0.914. The maximum atomic E-state index is 14.1. The molecule has 1 aliphatic heterocycles. The number of benzene rings is 1. The van der Waals surface area contributed by atoms with Crippen molar-refractivity contribution in [2.24, 2.45) is 0 Å². The van der Waals surface area contributed by atoms with Crippen LogP contribution in [0, 0.1) is 12.7 Å². The van der Waals surface area contributed by atoms with Gasteiger partial charge in [-0.1, -0.05) is 12.1 Å². The number of carbonyl (C=O) groups is 2. The maximum Gasteiger partial charge on any atom is 0.274 e. The molecule has 2 heterocycles. The van der Waals surface area contributed by atoms with Crippen LogP contribution >= 0.6 is 0 Å². The molecule has 9 heteroatoms. The van der Waals surface area contributed by atoms with E-state index in [0.29, 0.717) is 25.2 Å². The molecule has 1 atom stereocenters. The van der Waals surface area contributed by atoms with Gasteiger partial charge in [-0.3, -0.25) is 14.4 Å². The van der Waals surface area contributed by atoms with Gasteiger partial charge in [0.2, 0.25) is 5.43 Å². The summed E-state index contributed by atoms with van der Waals surface area (Å²) in [5, 5.41) is 16.2. The fourth-order valence-electron chi connectivity index (χ4n) is 3.82. The first kappa shape index (κ1) is 22.5. The topological polar surface area (TPSA) is 104 Å². The number of hydrogen-bond donors (Lipinski definition) is 3. The number of hydrogen-bond acceptors (Lipinski definition) is 5. The lowest BCUT2D eigenvalue weighted by Crippen LogP contribution is -2.36. The number of aromatic nitrogens is 1. The quantitative estimate of drug-likeness (QED) is 0.647. The minimum absolute atomic E-state index is 0.117. The summed E-state index contributed by atoms with van der Waals surface area (Å²) in [5.74, 6) is -2.43. The zero-order chi connectivity index (χ0) is 22.9. The molecule has 1 aliphatic rings. The molecule has 31 heavy (non-hydrogen) atoms. The highest BCUT2D eigenvalue weighted by Gasteiger charge is 2.36. The van der Waals surface area contributed by atoms with E-state index in [4.69, 9.17) is 0 Å². The molecule has 0 fully saturated rings. The molecule has 166 valence electrons. The lowest BCUT2D eigenvalue weighted by atomic mass is 10.0. The first-order chi connectivity index (χ1) is 14.7. The third-order valence-electron chi connectivity index (χ3n) is 5.70. The zero-order valence-corrected chi connectivity index (χ0v) is 18.1. The van der Waals surface area contributed by atoms with Gasteiger partial charge in [0.15, 0.2) is 11.4 Å². The predicted octanol–water partition coefficient (Wildman–Crippen LogP) is 1.69. The van der Waals surface area contributed by atoms with Crippen LogP contribution in [0.15, 0.2) is 23.0 Å². The maximum absolute atomic E-state index is 14.1. The fourth-order valence-corrected chi connectivity index (χ4v) is 3.82. The smallest absolute Gasteiger partial charge is 0.274 e. The highest BCUT2D eigenvalue weighted by molar-refractivity contribution is 5.99. The Hall–Kier alpha value is -3.20. The van der Waals surface area contributed by atoms with Gasteiger partial charge in [-0.05, 0) is 38.9 Å². The van der Waals surface area contributed by atoms with Crippen molar-refractivity contribution < 1.29 is 19.1 Å². The van der Waals surface area contributed by atoms with E-state index in [2.05, 4.69) is 10.6 Å². The Morgan fingerprint density at radius 3 is 2.68 bits per heavy atom. The molecule has 1 aromatic carbocycles. The molecule has 8 nitrogen and oxygen atoms in total. The Bertz CT molecular complexity index is 1100. The summed E-state index contributed by atoms with van der Waals surface area (Å²) < 4.78 is 15.7. The number of amides is 2. The SMILES string of the molecule is CCN(C)C(=O)c1c(O)c(=O)c(C(=O)NCc2ccc(C)cc2F)c2n1CC[C@@H]2NC. The molecule has 0 spiro atoms. The molecule has 0 unspecified atom stereocenters. The van der Waals surface area contributed by atoms with Gasteiger partial charge in [0.1, 0.15) is 11.4 Å². The zero-order valence-electron chi connectivity index (χ0n) is 18.1. The molecule has 0 radical (unpaired) electrons. The molecular formula is C22H27FN4O4. The van der Waals surface area contributed by atoms with Crippen molar-refractivity contribution in [2.75, 3.05) is 20.6 Å². The Labute approximate surface area is 179 Å². The van der Waals surface area contributed by atoms with Gasteiger partial charge in [0, 0.05) is 38.3 Å². The number of pyridine rings is 1. The lowest BCUT2D eigenvalue weighted by molar-refractivity contribution is 0.0785. The number of carbonyl (C=O) groups excluding carboxylic acids is 2. The molecule has 2 amide bonds. The second kappa shape index (κ2) is 8.89. The summed E-state index contributed by atoms with van der Waals surface area (Å²) in [6.45, 7) is 4.17. The molecular weight excluding hydrogens is 403 g/mol. The number of nitrogens with one attached hydrogen (secondary N) is 2. The Morgan fingerprint density at radius 1 is 1.35 bits per heavy atom. The van der Waals surface area contributed by atoms with Crippen molar-refractivity contribution in [3.63, 3.8) is 0 Å². The molecule has 0 aliphatic carbocycles. The first-order valence-corrected chi connectivity index (χ1v) is 10.2. The summed E-state index contributed by atoms with van der Waals surface area (Å²) in [7, 11) is 3.27. The van der Waals surface area contributed by atoms with Crippen LogP contribution in [0.2, 0.25) is 0 Å². The van der Waals surface area contributed by atoms with Crippen molar-refractivity contribution in [1.29, 1.82) is 0 Å². The highest BCUT2D eigenvalue weighted by Crippen LogP contribution is 2.32. The summed E-state index contributed by atoms with van der Waals surface area (Å²) in [6, 6.07) is 4.31. The first-order valence-electron chi connectivity index (χ1n) is 10.2. The third-order valence-corrected chi connectivity index (χ3v) is 5.70. The van der Waals surface area contributed by atoms with Crippen molar-refractivity contribution in [3.8, 4) is 5.75 Å². The van der Waals surface area contributed by atoms with E-state index in [1.807, 2.05) is 0 Å². The largest absolute Gasteiger partial charge is 0.503 e. The molecule has 1 aromatic heterocycles. The second-order valence-corrected chi connectivity index (χ2v) is 7.67. The minimum Gasteiger partial charge on any atom is -0.503 e. The number of aromatic hydroxyl groups is 1. The van der Waals surface area contributed by atoms with Crippen LogP contribution in [-0.4, -0.2) is 47.0 Å². The van der Waals surface area contributed by atoms with E-state index in [9.17, 15) is 23.9 Å². The van der Waals surface area contributed by atoms with E-state index >= 15 is 0 Å². The van der Waals surface area contributed by atoms with Crippen LogP contribution in [0.5, 0.6) is 5.75 Å². The van der Waals surface area contributed by atoms with Crippen molar-refractivity contribution >= 4 is 11.8 Å². The molecule has 3 N–H and O–H groups in total. The van der Waals surface area contributed by atoms with Gasteiger partial charge >= 0.3 is 0 Å². The van der Waals surface area contributed by atoms with Gasteiger partial charge < -0.3 is 25.2 Å². The molecule has 0 saturated carbocycles. The Kier molecular flexibility index (Phi) is 6.45. The molecule has 0 saturated heterocycles. The van der Waals surface area contributed by atoms with Crippen molar-refractivity contribution in [2.45, 2.75) is 39.4 Å². The van der Waals surface area contributed by atoms with E-state index < -0.39 is 28.8 Å². The molecule has 3 rings (SSSR count). The molecule has 2 aromatic rings. The van der Waals surface area contributed by atoms with Crippen molar-refractivity contribution in [3.05, 3.63) is 62.3 Å². The summed E-state index contributed by atoms with van der Waals surface area (Å²) in [4.78, 5) is 40.2. The molecule has 0 bridgehead atoms. The highest BCUT2D eigenvalue weighted by atomic mass is 19.1. The Morgan fingerprint density at radius 2 is 2.06 bits per heavy atom. The van der Waals surface area contributed by atoms with Gasteiger partial charge in [-0.25, -0.2) is 4.39 Å². The summed E-state index contributed by atoms with van der Waals surface area (Å²) in [5.41, 5.74) is 0.105. The number of nitrogens with zero attached hydrogens (tertiary/aromatic N) is 2. The predicted molar refractivity (Wildman–Crippen MR) is 114 cm³/mol. The fraction of sp³-hybridized carbons (Fsp3) is 0.409. The van der Waals surface area contributed by atoms with Crippen LogP contribution < -0.4 is 16.1 Å². The number of rotatable bonds is 6. The van der Waals surface area contributed by atoms with Gasteiger partial charge in [-0.2, -0.15) is 0 Å². The number of fused-ring (bicyclic) bond motifs is 1. The average Bonchev–Trinajstić information content (AvgIpc) is 3.16. The number of halogens is 1. The number of aryl methyl sites for hydroxylation is 1. The van der Waals surface area contributed by atoms with Crippen LogP contribution in [0.3, 0.4) is 0 Å². The Balaban J connectivity index is 2.05. The van der Waals surface area contributed by atoms with Gasteiger partial charge in [0.05, 0.1) is 5.69 Å². The van der Waals surface area contributed by atoms with Gasteiger partial charge in [-0.15, -0.1) is 0 Å². The lowest BCUT2D eigenvalue weighted by Gasteiger charge is -2.22. The second-order valence-electron chi connectivity index (χ2n) is 7.67.